The fourth-order valence-corrected chi connectivity index (χ4v) is 2.65. The summed E-state index contributed by atoms with van der Waals surface area (Å²) in [5.74, 6) is -0.223. The van der Waals surface area contributed by atoms with E-state index >= 15 is 0 Å². The lowest BCUT2D eigenvalue weighted by Gasteiger charge is -2.36. The largest absolute Gasteiger partial charge is 0.367 e. The van der Waals surface area contributed by atoms with E-state index < -0.39 is 0 Å². The first-order valence-corrected chi connectivity index (χ1v) is 8.15. The van der Waals surface area contributed by atoms with E-state index in [1.807, 2.05) is 32.0 Å². The molecule has 1 aromatic carbocycles. The second-order valence-electron chi connectivity index (χ2n) is 6.08. The standard InChI is InChI=1S/C17H28N4O/c1-4-20-9-11-21(12-10-20)16-8-6-5-7-15(16)19-17(22)13(2)14(3)18/h5-8,13-14H,4,9-12,18H2,1-3H3,(H,19,22). The maximum absolute atomic E-state index is 12.3. The van der Waals surface area contributed by atoms with Crippen LogP contribution < -0.4 is 16.0 Å². The molecule has 1 aliphatic heterocycles. The number of nitrogens with zero attached hydrogens (tertiary/aromatic N) is 2. The van der Waals surface area contributed by atoms with Crippen LogP contribution in [0, 0.1) is 5.92 Å². The first-order valence-electron chi connectivity index (χ1n) is 8.15. The predicted molar refractivity (Wildman–Crippen MR) is 92.2 cm³/mol. The van der Waals surface area contributed by atoms with Gasteiger partial charge < -0.3 is 20.9 Å². The van der Waals surface area contributed by atoms with E-state index in [4.69, 9.17) is 5.73 Å². The summed E-state index contributed by atoms with van der Waals surface area (Å²) in [6.07, 6.45) is 0. The van der Waals surface area contributed by atoms with Crippen molar-refractivity contribution in [2.75, 3.05) is 42.9 Å². The Morgan fingerprint density at radius 2 is 1.86 bits per heavy atom. The summed E-state index contributed by atoms with van der Waals surface area (Å²) in [5, 5.41) is 3.04. The van der Waals surface area contributed by atoms with Gasteiger partial charge in [-0.2, -0.15) is 0 Å². The number of likely N-dealkylation sites (N-methyl/N-ethyl adjacent to an activating group) is 1. The number of nitrogens with two attached hydrogens (primary N) is 1. The van der Waals surface area contributed by atoms with Gasteiger partial charge in [-0.05, 0) is 25.6 Å². The summed E-state index contributed by atoms with van der Waals surface area (Å²) >= 11 is 0. The van der Waals surface area contributed by atoms with Gasteiger partial charge in [0.15, 0.2) is 0 Å². The third kappa shape index (κ3) is 3.99. The van der Waals surface area contributed by atoms with Crippen molar-refractivity contribution >= 4 is 17.3 Å². The molecular weight excluding hydrogens is 276 g/mol. The van der Waals surface area contributed by atoms with Crippen molar-refractivity contribution in [3.63, 3.8) is 0 Å². The van der Waals surface area contributed by atoms with Crippen LogP contribution in [-0.4, -0.2) is 49.6 Å². The smallest absolute Gasteiger partial charge is 0.228 e. The molecule has 0 aliphatic carbocycles. The van der Waals surface area contributed by atoms with Gasteiger partial charge >= 0.3 is 0 Å². The Morgan fingerprint density at radius 1 is 1.23 bits per heavy atom. The topological polar surface area (TPSA) is 61.6 Å². The highest BCUT2D eigenvalue weighted by atomic mass is 16.1. The molecule has 1 heterocycles. The van der Waals surface area contributed by atoms with E-state index in [0.29, 0.717) is 0 Å². The number of para-hydroxylation sites is 2. The van der Waals surface area contributed by atoms with Gasteiger partial charge in [-0.25, -0.2) is 0 Å². The number of carbonyl (C=O) groups is 1. The number of piperazine rings is 1. The van der Waals surface area contributed by atoms with Crippen LogP contribution in [0.15, 0.2) is 24.3 Å². The average molecular weight is 304 g/mol. The Morgan fingerprint density at radius 3 is 2.45 bits per heavy atom. The average Bonchev–Trinajstić information content (AvgIpc) is 2.54. The molecule has 3 N–H and O–H groups in total. The Hall–Kier alpha value is -1.59. The van der Waals surface area contributed by atoms with Crippen LogP contribution in [0.2, 0.25) is 0 Å². The number of benzene rings is 1. The molecule has 0 spiro atoms. The molecule has 2 unspecified atom stereocenters. The Kier molecular flexibility index (Phi) is 5.80. The number of hydrogen-bond acceptors (Lipinski definition) is 4. The summed E-state index contributed by atoms with van der Waals surface area (Å²) in [4.78, 5) is 17.1. The van der Waals surface area contributed by atoms with Crippen LogP contribution >= 0.6 is 0 Å². The molecule has 0 saturated carbocycles. The van der Waals surface area contributed by atoms with Crippen molar-refractivity contribution in [1.29, 1.82) is 0 Å². The van der Waals surface area contributed by atoms with Gasteiger partial charge in [-0.15, -0.1) is 0 Å². The zero-order valence-corrected chi connectivity index (χ0v) is 13.9. The predicted octanol–water partition coefficient (Wildman–Crippen LogP) is 1.75. The molecule has 122 valence electrons. The fourth-order valence-electron chi connectivity index (χ4n) is 2.65. The molecule has 22 heavy (non-hydrogen) atoms. The lowest BCUT2D eigenvalue weighted by Crippen LogP contribution is -2.46. The Balaban J connectivity index is 2.09. The summed E-state index contributed by atoms with van der Waals surface area (Å²) in [7, 11) is 0. The van der Waals surface area contributed by atoms with E-state index in [-0.39, 0.29) is 17.9 Å². The minimum Gasteiger partial charge on any atom is -0.367 e. The molecule has 2 atom stereocenters. The Labute approximate surface area is 133 Å². The molecule has 1 amide bonds. The summed E-state index contributed by atoms with van der Waals surface area (Å²) in [6.45, 7) is 11.1. The highest BCUT2D eigenvalue weighted by molar-refractivity contribution is 5.96. The summed E-state index contributed by atoms with van der Waals surface area (Å²) < 4.78 is 0. The number of nitrogens with one attached hydrogen (secondary N) is 1. The van der Waals surface area contributed by atoms with Crippen LogP contribution in [0.3, 0.4) is 0 Å². The number of anilines is 2. The van der Waals surface area contributed by atoms with E-state index in [2.05, 4.69) is 28.1 Å². The zero-order chi connectivity index (χ0) is 16.1. The van der Waals surface area contributed by atoms with Crippen molar-refractivity contribution < 1.29 is 4.79 Å². The minimum atomic E-state index is -0.204. The van der Waals surface area contributed by atoms with Crippen LogP contribution in [0.1, 0.15) is 20.8 Å². The van der Waals surface area contributed by atoms with E-state index in [1.54, 1.807) is 0 Å². The second-order valence-corrected chi connectivity index (χ2v) is 6.08. The molecular formula is C17H28N4O. The molecule has 5 heteroatoms. The molecule has 2 rings (SSSR count). The summed E-state index contributed by atoms with van der Waals surface area (Å²) in [6, 6.07) is 7.87. The van der Waals surface area contributed by atoms with Crippen LogP contribution in [0.4, 0.5) is 11.4 Å². The lowest BCUT2D eigenvalue weighted by molar-refractivity contribution is -0.119. The Bertz CT molecular complexity index is 495. The van der Waals surface area contributed by atoms with Crippen molar-refractivity contribution in [2.24, 2.45) is 11.7 Å². The van der Waals surface area contributed by atoms with Gasteiger partial charge in [-0.1, -0.05) is 26.0 Å². The monoisotopic (exact) mass is 304 g/mol. The van der Waals surface area contributed by atoms with Gasteiger partial charge in [0.05, 0.1) is 17.3 Å². The summed E-state index contributed by atoms with van der Waals surface area (Å²) in [5.41, 5.74) is 7.81. The van der Waals surface area contributed by atoms with Crippen LogP contribution in [0.5, 0.6) is 0 Å². The second kappa shape index (κ2) is 7.61. The molecule has 1 fully saturated rings. The maximum Gasteiger partial charge on any atom is 0.228 e. The first kappa shape index (κ1) is 16.8. The maximum atomic E-state index is 12.3. The highest BCUT2D eigenvalue weighted by Crippen LogP contribution is 2.27. The van der Waals surface area contributed by atoms with E-state index in [9.17, 15) is 4.79 Å². The van der Waals surface area contributed by atoms with Gasteiger partial charge in [0, 0.05) is 32.2 Å². The van der Waals surface area contributed by atoms with E-state index in [1.165, 1.54) is 0 Å². The number of hydrogen-bond donors (Lipinski definition) is 2. The van der Waals surface area contributed by atoms with Gasteiger partial charge in [0.2, 0.25) is 5.91 Å². The third-order valence-corrected chi connectivity index (χ3v) is 4.52. The molecule has 0 aromatic heterocycles. The lowest BCUT2D eigenvalue weighted by atomic mass is 10.0. The van der Waals surface area contributed by atoms with E-state index in [0.717, 1.165) is 44.1 Å². The molecule has 1 aromatic rings. The van der Waals surface area contributed by atoms with Gasteiger partial charge in [0.25, 0.3) is 0 Å². The van der Waals surface area contributed by atoms with Crippen LogP contribution in [-0.2, 0) is 4.79 Å². The number of rotatable bonds is 5. The number of amides is 1. The molecule has 5 nitrogen and oxygen atoms in total. The quantitative estimate of drug-likeness (QED) is 0.870. The molecule has 0 bridgehead atoms. The molecule has 0 radical (unpaired) electrons. The van der Waals surface area contributed by atoms with Crippen molar-refractivity contribution in [3.8, 4) is 0 Å². The molecule has 1 aliphatic rings. The van der Waals surface area contributed by atoms with Gasteiger partial charge in [-0.3, -0.25) is 4.79 Å². The minimum absolute atomic E-state index is 0.0188. The van der Waals surface area contributed by atoms with Crippen molar-refractivity contribution in [2.45, 2.75) is 26.8 Å². The number of carbonyl (C=O) groups excluding carboxylic acids is 1. The molecule has 1 saturated heterocycles. The SMILES string of the molecule is CCN1CCN(c2ccccc2NC(=O)C(C)C(C)N)CC1. The van der Waals surface area contributed by atoms with Crippen molar-refractivity contribution in [3.05, 3.63) is 24.3 Å². The highest BCUT2D eigenvalue weighted by Gasteiger charge is 2.21. The fraction of sp³-hybridized carbons (Fsp3) is 0.588. The first-order chi connectivity index (χ1) is 10.5. The van der Waals surface area contributed by atoms with Crippen molar-refractivity contribution in [1.82, 2.24) is 4.90 Å². The zero-order valence-electron chi connectivity index (χ0n) is 13.9. The third-order valence-electron chi connectivity index (χ3n) is 4.52. The van der Waals surface area contributed by atoms with Crippen LogP contribution in [0.25, 0.3) is 0 Å². The van der Waals surface area contributed by atoms with Gasteiger partial charge in [0.1, 0.15) is 0 Å². The normalized spacial score (nSPS) is 18.8.